The molecule has 0 saturated carbocycles. The Kier molecular flexibility index (Phi) is 2.76. The van der Waals surface area contributed by atoms with Gasteiger partial charge in [-0.3, -0.25) is 0 Å². The minimum atomic E-state index is 1.26. The Morgan fingerprint density at radius 3 is 2.50 bits per heavy atom. The number of hydrogen-bond acceptors (Lipinski definition) is 0. The van der Waals surface area contributed by atoms with E-state index in [-0.39, 0.29) is 0 Å². The molecule has 0 unspecified atom stereocenters. The Bertz CT molecular complexity index is 437. The van der Waals surface area contributed by atoms with Crippen LogP contribution in [0.2, 0.25) is 0 Å². The van der Waals surface area contributed by atoms with Crippen molar-refractivity contribution in [2.45, 2.75) is 6.92 Å². The summed E-state index contributed by atoms with van der Waals surface area (Å²) in [6.45, 7) is 2.12. The van der Waals surface area contributed by atoms with Crippen LogP contribution in [0.5, 0.6) is 0 Å². The molecule has 2 aromatic rings. The average Bonchev–Trinajstić information content (AvgIpc) is 2.23. The van der Waals surface area contributed by atoms with Gasteiger partial charge in [0.05, 0.1) is 0 Å². The zero-order valence-electron chi connectivity index (χ0n) is 7.90. The summed E-state index contributed by atoms with van der Waals surface area (Å²) in [5, 5.41) is 0. The summed E-state index contributed by atoms with van der Waals surface area (Å²) in [5.41, 5.74) is 3.81. The number of nitrogens with zero attached hydrogens (tertiary/aromatic N) is 1. The van der Waals surface area contributed by atoms with E-state index in [2.05, 4.69) is 71.9 Å². The summed E-state index contributed by atoms with van der Waals surface area (Å²) in [5.74, 6) is 0. The van der Waals surface area contributed by atoms with Crippen molar-refractivity contribution in [1.29, 1.82) is 0 Å². The van der Waals surface area contributed by atoms with E-state index in [0.717, 1.165) is 0 Å². The first-order valence-electron chi connectivity index (χ1n) is 4.49. The average molecular weight is 361 g/mol. The first kappa shape index (κ1) is 9.57. The third-order valence-corrected chi connectivity index (χ3v) is 3.05. The van der Waals surface area contributed by atoms with Crippen LogP contribution in [0, 0.1) is 6.92 Å². The summed E-state index contributed by atoms with van der Waals surface area (Å²) in [4.78, 5) is 0. The first-order valence-corrected chi connectivity index (χ1v) is 5.56. The van der Waals surface area contributed by atoms with Crippen LogP contribution in [0.3, 0.4) is 0 Å². The Balaban J connectivity index is 2.57. The molecule has 1 nitrogen and oxygen atoms in total. The van der Waals surface area contributed by atoms with E-state index in [1.165, 1.54) is 16.8 Å². The maximum atomic E-state index is 2.20. The van der Waals surface area contributed by atoms with Gasteiger partial charge in [0, 0.05) is 0 Å². The fourth-order valence-electron chi connectivity index (χ4n) is 1.39. The normalized spacial score (nSPS) is 10.2. The third-order valence-electron chi connectivity index (χ3n) is 2.11. The second-order valence-electron chi connectivity index (χ2n) is 3.25. The SMILES string of the molecule is Cc1cc[n+]([Ir])c(-c2ccccc2)c1. The number of rotatable bonds is 1. The van der Waals surface area contributed by atoms with Crippen molar-refractivity contribution in [2.75, 3.05) is 0 Å². The molecule has 0 atom stereocenters. The van der Waals surface area contributed by atoms with Crippen LogP contribution in [0.25, 0.3) is 11.3 Å². The van der Waals surface area contributed by atoms with E-state index in [1.54, 1.807) is 0 Å². The second kappa shape index (κ2) is 4.03. The van der Waals surface area contributed by atoms with Crippen molar-refractivity contribution in [2.24, 2.45) is 0 Å². The van der Waals surface area contributed by atoms with Crippen LogP contribution < -0.4 is 3.24 Å². The van der Waals surface area contributed by atoms with Crippen molar-refractivity contribution in [1.82, 2.24) is 0 Å². The molecule has 2 rings (SSSR count). The van der Waals surface area contributed by atoms with Gasteiger partial charge in [0.2, 0.25) is 0 Å². The van der Waals surface area contributed by atoms with Crippen LogP contribution in [0.1, 0.15) is 5.56 Å². The van der Waals surface area contributed by atoms with Crippen molar-refractivity contribution in [3.8, 4) is 11.3 Å². The molecule has 2 heteroatoms. The predicted octanol–water partition coefficient (Wildman–Crippen LogP) is 2.26. The van der Waals surface area contributed by atoms with E-state index in [9.17, 15) is 0 Å². The predicted molar refractivity (Wildman–Crippen MR) is 52.2 cm³/mol. The fraction of sp³-hybridized carbons (Fsp3) is 0.0833. The molecule has 14 heavy (non-hydrogen) atoms. The van der Waals surface area contributed by atoms with Gasteiger partial charge in [0.1, 0.15) is 0 Å². The number of aromatic nitrogens is 1. The van der Waals surface area contributed by atoms with Crippen molar-refractivity contribution in [3.05, 3.63) is 54.2 Å². The van der Waals surface area contributed by atoms with Gasteiger partial charge in [0.25, 0.3) is 0 Å². The van der Waals surface area contributed by atoms with Gasteiger partial charge in [-0.05, 0) is 0 Å². The first-order chi connectivity index (χ1) is 6.77. The molecule has 0 radical (unpaired) electrons. The molecule has 1 aromatic heterocycles. The molecule has 0 bridgehead atoms. The zero-order chi connectivity index (χ0) is 9.97. The van der Waals surface area contributed by atoms with Gasteiger partial charge in [-0.1, -0.05) is 0 Å². The number of aryl methyl sites for hydroxylation is 1. The number of hydrogen-bond donors (Lipinski definition) is 0. The standard InChI is InChI=1S/C12H11N.Ir/c1-10-7-8-13-12(9-10)11-5-3-2-4-6-11;/h2-9H,1H3;/q;+1. The molecule has 72 valence electrons. The van der Waals surface area contributed by atoms with E-state index >= 15 is 0 Å². The quantitative estimate of drug-likeness (QED) is 0.734. The van der Waals surface area contributed by atoms with Gasteiger partial charge < -0.3 is 0 Å². The van der Waals surface area contributed by atoms with Crippen LogP contribution >= 0.6 is 0 Å². The zero-order valence-corrected chi connectivity index (χ0v) is 10.3. The Morgan fingerprint density at radius 1 is 1.07 bits per heavy atom. The number of benzene rings is 1. The molecule has 0 spiro atoms. The van der Waals surface area contributed by atoms with Crippen molar-refractivity contribution >= 4 is 0 Å². The molecule has 0 amide bonds. The molecule has 0 N–H and O–H groups in total. The summed E-state index contributed by atoms with van der Waals surface area (Å²) < 4.78 is 2.14. The van der Waals surface area contributed by atoms with Crippen LogP contribution in [-0.2, 0) is 19.1 Å². The second-order valence-corrected chi connectivity index (χ2v) is 4.40. The van der Waals surface area contributed by atoms with E-state index in [4.69, 9.17) is 0 Å². The molecular weight excluding hydrogens is 350 g/mol. The molecule has 0 aliphatic heterocycles. The monoisotopic (exact) mass is 362 g/mol. The van der Waals surface area contributed by atoms with Gasteiger partial charge in [-0.15, -0.1) is 0 Å². The summed E-state index contributed by atoms with van der Waals surface area (Å²) in [6.07, 6.45) is 2.09. The molecule has 0 fully saturated rings. The van der Waals surface area contributed by atoms with Crippen LogP contribution in [0.15, 0.2) is 48.7 Å². The molecule has 0 aliphatic carbocycles. The summed E-state index contributed by atoms with van der Waals surface area (Å²) >= 11 is 2.07. The minimum absolute atomic E-state index is 1.26. The molecule has 0 saturated heterocycles. The van der Waals surface area contributed by atoms with Gasteiger partial charge in [-0.2, -0.15) is 0 Å². The Morgan fingerprint density at radius 2 is 1.79 bits per heavy atom. The van der Waals surface area contributed by atoms with E-state index < -0.39 is 0 Å². The van der Waals surface area contributed by atoms with Crippen molar-refractivity contribution < 1.29 is 22.4 Å². The topological polar surface area (TPSA) is 3.88 Å². The van der Waals surface area contributed by atoms with Crippen molar-refractivity contribution in [3.63, 3.8) is 0 Å². The van der Waals surface area contributed by atoms with E-state index in [1.807, 2.05) is 6.07 Å². The Labute approximate surface area is 94.8 Å². The van der Waals surface area contributed by atoms with Gasteiger partial charge >= 0.3 is 94.8 Å². The molecule has 0 aliphatic rings. The summed E-state index contributed by atoms with van der Waals surface area (Å²) in [6, 6.07) is 14.8. The van der Waals surface area contributed by atoms with Gasteiger partial charge in [-0.25, -0.2) is 0 Å². The molecule has 1 heterocycles. The van der Waals surface area contributed by atoms with Gasteiger partial charge in [0.15, 0.2) is 0 Å². The number of pyridine rings is 1. The maximum absolute atomic E-state index is 2.20. The Hall–Kier alpha value is -0.981. The molecular formula is C12H11IrN+. The third kappa shape index (κ3) is 1.92. The fourth-order valence-corrected chi connectivity index (χ4v) is 2.03. The van der Waals surface area contributed by atoms with Crippen LogP contribution in [-0.4, -0.2) is 0 Å². The van der Waals surface area contributed by atoms with Crippen LogP contribution in [0.4, 0.5) is 0 Å². The van der Waals surface area contributed by atoms with E-state index in [0.29, 0.717) is 0 Å². The molecule has 1 aromatic carbocycles. The summed E-state index contributed by atoms with van der Waals surface area (Å²) in [7, 11) is 0.